The van der Waals surface area contributed by atoms with Crippen LogP contribution in [0.4, 0.5) is 0 Å². The first-order chi connectivity index (χ1) is 12.4. The molecule has 134 valence electrons. The van der Waals surface area contributed by atoms with E-state index in [1.54, 1.807) is 6.92 Å². The van der Waals surface area contributed by atoms with Crippen LogP contribution in [0, 0.1) is 0 Å². The van der Waals surface area contributed by atoms with Crippen LogP contribution in [-0.2, 0) is 14.1 Å². The Morgan fingerprint density at radius 2 is 1.85 bits per heavy atom. The summed E-state index contributed by atoms with van der Waals surface area (Å²) >= 11 is 0. The minimum atomic E-state index is -0.605. The monoisotopic (exact) mass is 355 g/mol. The maximum Gasteiger partial charge on any atom is 0.331 e. The Hall–Kier alpha value is -3.49. The Labute approximate surface area is 147 Å². The van der Waals surface area contributed by atoms with Gasteiger partial charge in [0.2, 0.25) is 11.7 Å². The van der Waals surface area contributed by atoms with Gasteiger partial charge in [-0.2, -0.15) is 4.98 Å². The number of carbonyl (C=O) groups excluding carboxylic acids is 1. The van der Waals surface area contributed by atoms with Crippen LogP contribution < -0.4 is 16.6 Å². The van der Waals surface area contributed by atoms with E-state index < -0.39 is 23.2 Å². The summed E-state index contributed by atoms with van der Waals surface area (Å²) in [5.41, 5.74) is -0.405. The molecule has 3 rings (SSSR count). The lowest BCUT2D eigenvalue weighted by molar-refractivity contribution is 0.0922. The minimum absolute atomic E-state index is 0.0484. The van der Waals surface area contributed by atoms with Crippen molar-refractivity contribution in [3.05, 3.63) is 68.8 Å². The van der Waals surface area contributed by atoms with E-state index in [0.29, 0.717) is 5.82 Å². The van der Waals surface area contributed by atoms with Gasteiger partial charge >= 0.3 is 5.69 Å². The number of benzene rings is 1. The zero-order chi connectivity index (χ0) is 18.8. The molecule has 0 aliphatic heterocycles. The van der Waals surface area contributed by atoms with Gasteiger partial charge in [0.15, 0.2) is 0 Å². The largest absolute Gasteiger partial charge is 0.339 e. The second-order valence-electron chi connectivity index (χ2n) is 5.79. The Kier molecular flexibility index (Phi) is 4.53. The molecule has 9 nitrogen and oxygen atoms in total. The van der Waals surface area contributed by atoms with Crippen molar-refractivity contribution in [2.75, 3.05) is 0 Å². The number of nitrogens with zero attached hydrogens (tertiary/aromatic N) is 4. The van der Waals surface area contributed by atoms with Crippen LogP contribution in [0.5, 0.6) is 0 Å². The zero-order valence-corrected chi connectivity index (χ0v) is 14.5. The average Bonchev–Trinajstić information content (AvgIpc) is 3.14. The molecule has 0 spiro atoms. The summed E-state index contributed by atoms with van der Waals surface area (Å²) in [7, 11) is 2.76. The van der Waals surface area contributed by atoms with Gasteiger partial charge in [-0.1, -0.05) is 35.5 Å². The predicted molar refractivity (Wildman–Crippen MR) is 92.5 cm³/mol. The van der Waals surface area contributed by atoms with Crippen LogP contribution in [0.1, 0.15) is 29.3 Å². The first kappa shape index (κ1) is 17.3. The normalized spacial score (nSPS) is 12.0. The fraction of sp³-hybridized carbons (Fsp3) is 0.235. The highest BCUT2D eigenvalue weighted by molar-refractivity contribution is 5.92. The maximum atomic E-state index is 12.4. The molecule has 1 aromatic carbocycles. The number of carbonyl (C=O) groups is 1. The third-order valence-electron chi connectivity index (χ3n) is 3.95. The number of amides is 1. The van der Waals surface area contributed by atoms with Gasteiger partial charge in [-0.3, -0.25) is 18.7 Å². The van der Waals surface area contributed by atoms with Gasteiger partial charge < -0.3 is 9.84 Å². The van der Waals surface area contributed by atoms with Gasteiger partial charge in [-0.25, -0.2) is 4.79 Å². The highest BCUT2D eigenvalue weighted by atomic mass is 16.5. The van der Waals surface area contributed by atoms with E-state index in [2.05, 4.69) is 15.5 Å². The molecule has 0 radical (unpaired) electrons. The minimum Gasteiger partial charge on any atom is -0.339 e. The fourth-order valence-corrected chi connectivity index (χ4v) is 2.40. The van der Waals surface area contributed by atoms with E-state index in [1.165, 1.54) is 14.1 Å². The highest BCUT2D eigenvalue weighted by Crippen LogP contribution is 2.18. The van der Waals surface area contributed by atoms with Crippen LogP contribution in [0.15, 0.2) is 50.5 Å². The molecule has 26 heavy (non-hydrogen) atoms. The van der Waals surface area contributed by atoms with Gasteiger partial charge in [0.1, 0.15) is 11.7 Å². The molecule has 0 aliphatic rings. The van der Waals surface area contributed by atoms with Gasteiger partial charge in [0, 0.05) is 25.7 Å². The summed E-state index contributed by atoms with van der Waals surface area (Å²) in [6.45, 7) is 1.67. The van der Waals surface area contributed by atoms with Crippen LogP contribution in [0.2, 0.25) is 0 Å². The molecular formula is C17H17N5O4. The van der Waals surface area contributed by atoms with E-state index in [0.717, 1.165) is 20.8 Å². The summed E-state index contributed by atoms with van der Waals surface area (Å²) in [5, 5.41) is 6.55. The zero-order valence-electron chi connectivity index (χ0n) is 14.5. The van der Waals surface area contributed by atoms with Crippen molar-refractivity contribution in [2.24, 2.45) is 14.1 Å². The highest BCUT2D eigenvalue weighted by Gasteiger charge is 2.20. The lowest BCUT2D eigenvalue weighted by Crippen LogP contribution is -2.41. The Balaban J connectivity index is 1.82. The molecule has 3 aromatic rings. The fourth-order valence-electron chi connectivity index (χ4n) is 2.40. The molecule has 0 saturated carbocycles. The maximum absolute atomic E-state index is 12.4. The van der Waals surface area contributed by atoms with Gasteiger partial charge in [0.25, 0.3) is 11.5 Å². The predicted octanol–water partition coefficient (Wildman–Crippen LogP) is 0.625. The van der Waals surface area contributed by atoms with E-state index in [-0.39, 0.29) is 11.6 Å². The molecule has 2 aromatic heterocycles. The number of nitrogens with one attached hydrogen (secondary N) is 1. The van der Waals surface area contributed by atoms with Crippen LogP contribution in [-0.4, -0.2) is 25.2 Å². The molecule has 1 N–H and O–H groups in total. The second-order valence-corrected chi connectivity index (χ2v) is 5.79. The Bertz CT molecular complexity index is 1060. The van der Waals surface area contributed by atoms with Crippen molar-refractivity contribution in [3.8, 4) is 11.4 Å². The first-order valence-electron chi connectivity index (χ1n) is 7.85. The molecule has 0 saturated heterocycles. The van der Waals surface area contributed by atoms with E-state index in [9.17, 15) is 14.4 Å². The molecule has 1 amide bonds. The van der Waals surface area contributed by atoms with Crippen molar-refractivity contribution in [3.63, 3.8) is 0 Å². The first-order valence-corrected chi connectivity index (χ1v) is 7.85. The molecule has 2 heterocycles. The third-order valence-corrected chi connectivity index (χ3v) is 3.95. The summed E-state index contributed by atoms with van der Waals surface area (Å²) in [6.07, 6.45) is 0. The van der Waals surface area contributed by atoms with Crippen molar-refractivity contribution < 1.29 is 9.32 Å². The van der Waals surface area contributed by atoms with Crippen LogP contribution >= 0.6 is 0 Å². The Morgan fingerprint density at radius 3 is 2.54 bits per heavy atom. The van der Waals surface area contributed by atoms with Gasteiger partial charge in [-0.05, 0) is 6.92 Å². The molecule has 9 heteroatoms. The van der Waals surface area contributed by atoms with Crippen molar-refractivity contribution >= 4 is 5.91 Å². The molecule has 0 bridgehead atoms. The smallest absolute Gasteiger partial charge is 0.331 e. The second kappa shape index (κ2) is 6.79. The van der Waals surface area contributed by atoms with Crippen LogP contribution in [0.25, 0.3) is 11.4 Å². The van der Waals surface area contributed by atoms with E-state index in [1.807, 2.05) is 30.3 Å². The standard InChI is InChI=1S/C17H17N5O4/c1-10(16-19-14(20-26-16)11-7-5-4-6-8-11)18-15(24)12-9-13(23)22(3)17(25)21(12)2/h4-10H,1-3H3,(H,18,24)/t10-/m0/s1. The molecule has 0 unspecified atom stereocenters. The number of rotatable bonds is 4. The number of hydrogen-bond acceptors (Lipinski definition) is 6. The van der Waals surface area contributed by atoms with Crippen LogP contribution in [0.3, 0.4) is 0 Å². The summed E-state index contributed by atoms with van der Waals surface area (Å²) in [4.78, 5) is 40.4. The van der Waals surface area contributed by atoms with Gasteiger partial charge in [0.05, 0.1) is 0 Å². The lowest BCUT2D eigenvalue weighted by Gasteiger charge is -2.12. The SMILES string of the molecule is C[C@H](NC(=O)c1cc(=O)n(C)c(=O)n1C)c1nc(-c2ccccc2)no1. The van der Waals surface area contributed by atoms with Crippen molar-refractivity contribution in [2.45, 2.75) is 13.0 Å². The molecule has 0 fully saturated rings. The summed E-state index contributed by atoms with van der Waals surface area (Å²) < 4.78 is 7.23. The quantitative estimate of drug-likeness (QED) is 0.734. The average molecular weight is 355 g/mol. The third kappa shape index (κ3) is 3.18. The van der Waals surface area contributed by atoms with Gasteiger partial charge in [-0.15, -0.1) is 0 Å². The van der Waals surface area contributed by atoms with E-state index in [4.69, 9.17) is 4.52 Å². The summed E-state index contributed by atoms with van der Waals surface area (Å²) in [6, 6.07) is 9.77. The molecule has 1 atom stereocenters. The molecular weight excluding hydrogens is 338 g/mol. The number of aromatic nitrogens is 4. The summed E-state index contributed by atoms with van der Waals surface area (Å²) in [5.74, 6) is 0.0305. The number of hydrogen-bond donors (Lipinski definition) is 1. The van der Waals surface area contributed by atoms with Crippen molar-refractivity contribution in [1.29, 1.82) is 0 Å². The lowest BCUT2D eigenvalue weighted by atomic mass is 10.2. The van der Waals surface area contributed by atoms with E-state index >= 15 is 0 Å². The topological polar surface area (TPSA) is 112 Å². The Morgan fingerprint density at radius 1 is 1.15 bits per heavy atom. The molecule has 0 aliphatic carbocycles. The van der Waals surface area contributed by atoms with Crippen molar-refractivity contribution in [1.82, 2.24) is 24.6 Å².